The predicted octanol–water partition coefficient (Wildman–Crippen LogP) is 12.7. The molecule has 0 saturated heterocycles. The maximum atomic E-state index is 2.48. The lowest BCUT2D eigenvalue weighted by molar-refractivity contribution is 1.32. The van der Waals surface area contributed by atoms with Crippen LogP contribution in [0.3, 0.4) is 0 Å². The standard InChI is InChI=1S/C42H27NS/c1-2-11-28(12-3-1)29-21-24-31(25-22-29)43(39-19-10-18-37-36-17-8-9-20-41(36)44-42(37)39)40-27-38-32-14-5-4-13-30(32)23-26-34(38)33-15-6-7-16-35(33)40/h1-27H. The summed E-state index contributed by atoms with van der Waals surface area (Å²) in [5, 5.41) is 10.2. The third-order valence-electron chi connectivity index (χ3n) is 8.84. The summed E-state index contributed by atoms with van der Waals surface area (Å²) in [7, 11) is 0. The summed E-state index contributed by atoms with van der Waals surface area (Å²) in [6, 6.07) is 59.7. The number of nitrogens with zero attached hydrogens (tertiary/aromatic N) is 1. The SMILES string of the molecule is c1ccc(-c2ccc(N(c3cc4c5ccccc5ccc4c4ccccc34)c3cccc4c3sc3ccccc34)cc2)cc1. The van der Waals surface area contributed by atoms with Crippen LogP contribution >= 0.6 is 11.3 Å². The van der Waals surface area contributed by atoms with Gasteiger partial charge in [-0.15, -0.1) is 11.3 Å². The molecule has 0 saturated carbocycles. The van der Waals surface area contributed by atoms with Crippen LogP contribution in [-0.4, -0.2) is 0 Å². The number of benzene rings is 8. The minimum atomic E-state index is 1.14. The molecular formula is C42H27NS. The Morgan fingerprint density at radius 1 is 0.364 bits per heavy atom. The molecule has 1 aromatic heterocycles. The fraction of sp³-hybridized carbons (Fsp3) is 0. The van der Waals surface area contributed by atoms with Crippen LogP contribution in [0, 0.1) is 0 Å². The first kappa shape index (κ1) is 25.1. The molecule has 0 atom stereocenters. The van der Waals surface area contributed by atoms with Gasteiger partial charge < -0.3 is 4.90 Å². The second-order valence-corrected chi connectivity index (χ2v) is 12.4. The van der Waals surface area contributed by atoms with Gasteiger partial charge in [-0.25, -0.2) is 0 Å². The van der Waals surface area contributed by atoms with Crippen molar-refractivity contribution in [2.75, 3.05) is 4.90 Å². The van der Waals surface area contributed by atoms with Gasteiger partial charge >= 0.3 is 0 Å². The zero-order valence-electron chi connectivity index (χ0n) is 23.9. The van der Waals surface area contributed by atoms with Crippen molar-refractivity contribution in [2.45, 2.75) is 0 Å². The molecule has 0 aliphatic carbocycles. The molecular weight excluding hydrogens is 551 g/mol. The normalized spacial score (nSPS) is 11.6. The van der Waals surface area contributed by atoms with Crippen LogP contribution in [0.15, 0.2) is 164 Å². The van der Waals surface area contributed by atoms with Gasteiger partial charge in [-0.05, 0) is 68.4 Å². The Balaban J connectivity index is 1.38. The van der Waals surface area contributed by atoms with E-state index in [0.717, 1.165) is 5.69 Å². The van der Waals surface area contributed by atoms with Crippen molar-refractivity contribution in [3.8, 4) is 11.1 Å². The third kappa shape index (κ3) is 3.92. The van der Waals surface area contributed by atoms with E-state index in [1.54, 1.807) is 0 Å². The molecule has 0 aliphatic heterocycles. The lowest BCUT2D eigenvalue weighted by Crippen LogP contribution is -2.11. The molecule has 44 heavy (non-hydrogen) atoms. The molecule has 206 valence electrons. The highest BCUT2D eigenvalue weighted by molar-refractivity contribution is 7.26. The number of anilines is 3. The Labute approximate surface area is 259 Å². The van der Waals surface area contributed by atoms with Crippen molar-refractivity contribution in [3.05, 3.63) is 164 Å². The first-order valence-corrected chi connectivity index (χ1v) is 15.8. The van der Waals surface area contributed by atoms with E-state index in [9.17, 15) is 0 Å². The molecule has 0 N–H and O–H groups in total. The van der Waals surface area contributed by atoms with Crippen LogP contribution in [-0.2, 0) is 0 Å². The Morgan fingerprint density at radius 2 is 1.00 bits per heavy atom. The van der Waals surface area contributed by atoms with E-state index in [1.165, 1.54) is 75.0 Å². The van der Waals surface area contributed by atoms with Gasteiger partial charge in [-0.1, -0.05) is 133 Å². The van der Waals surface area contributed by atoms with Gasteiger partial charge in [0.25, 0.3) is 0 Å². The van der Waals surface area contributed by atoms with Crippen LogP contribution in [0.2, 0.25) is 0 Å². The molecule has 9 aromatic rings. The summed E-state index contributed by atoms with van der Waals surface area (Å²) in [6.45, 7) is 0. The third-order valence-corrected chi connectivity index (χ3v) is 10.1. The highest BCUT2D eigenvalue weighted by Gasteiger charge is 2.21. The molecule has 9 rings (SSSR count). The topological polar surface area (TPSA) is 3.24 Å². The van der Waals surface area contributed by atoms with E-state index in [-0.39, 0.29) is 0 Å². The predicted molar refractivity (Wildman–Crippen MR) is 192 cm³/mol. The maximum Gasteiger partial charge on any atom is 0.0640 e. The van der Waals surface area contributed by atoms with Crippen molar-refractivity contribution < 1.29 is 0 Å². The molecule has 8 aromatic carbocycles. The number of rotatable bonds is 4. The summed E-state index contributed by atoms with van der Waals surface area (Å²) in [5.74, 6) is 0. The van der Waals surface area contributed by atoms with Crippen molar-refractivity contribution in [1.82, 2.24) is 0 Å². The monoisotopic (exact) mass is 577 g/mol. The summed E-state index contributed by atoms with van der Waals surface area (Å²) in [5.41, 5.74) is 5.95. The number of hydrogen-bond donors (Lipinski definition) is 0. The second kappa shape index (κ2) is 10.1. The Hall–Kier alpha value is -5.44. The molecule has 0 bridgehead atoms. The van der Waals surface area contributed by atoms with Crippen LogP contribution in [0.4, 0.5) is 17.1 Å². The largest absolute Gasteiger partial charge is 0.308 e. The molecule has 0 unspecified atom stereocenters. The lowest BCUT2D eigenvalue weighted by Gasteiger charge is -2.28. The van der Waals surface area contributed by atoms with E-state index in [2.05, 4.69) is 169 Å². The van der Waals surface area contributed by atoms with Gasteiger partial charge in [0.2, 0.25) is 0 Å². The lowest BCUT2D eigenvalue weighted by atomic mass is 9.95. The maximum absolute atomic E-state index is 2.48. The van der Waals surface area contributed by atoms with Crippen LogP contribution in [0.5, 0.6) is 0 Å². The molecule has 2 heteroatoms. The van der Waals surface area contributed by atoms with E-state index in [1.807, 2.05) is 11.3 Å². The number of thiophene rings is 1. The summed E-state index contributed by atoms with van der Waals surface area (Å²) in [4.78, 5) is 2.48. The Morgan fingerprint density at radius 3 is 1.84 bits per heavy atom. The molecule has 0 amide bonds. The van der Waals surface area contributed by atoms with Crippen LogP contribution < -0.4 is 4.90 Å². The first-order chi connectivity index (χ1) is 21.8. The minimum Gasteiger partial charge on any atom is -0.308 e. The summed E-state index contributed by atoms with van der Waals surface area (Å²) in [6.07, 6.45) is 0. The highest BCUT2D eigenvalue weighted by Crippen LogP contribution is 2.48. The quantitative estimate of drug-likeness (QED) is 0.188. The Bertz CT molecular complexity index is 2490. The fourth-order valence-electron chi connectivity index (χ4n) is 6.78. The average Bonchev–Trinajstić information content (AvgIpc) is 3.49. The van der Waals surface area contributed by atoms with Gasteiger partial charge in [-0.3, -0.25) is 0 Å². The summed E-state index contributed by atoms with van der Waals surface area (Å²) < 4.78 is 2.60. The number of hydrogen-bond acceptors (Lipinski definition) is 2. The van der Waals surface area contributed by atoms with Crippen LogP contribution in [0.25, 0.3) is 63.6 Å². The van der Waals surface area contributed by atoms with Gasteiger partial charge in [0.15, 0.2) is 0 Å². The van der Waals surface area contributed by atoms with Gasteiger partial charge in [0.1, 0.15) is 0 Å². The van der Waals surface area contributed by atoms with Crippen molar-refractivity contribution in [3.63, 3.8) is 0 Å². The molecule has 0 fully saturated rings. The molecule has 1 heterocycles. The first-order valence-electron chi connectivity index (χ1n) is 15.0. The highest BCUT2D eigenvalue weighted by atomic mass is 32.1. The zero-order valence-corrected chi connectivity index (χ0v) is 24.8. The molecule has 0 spiro atoms. The van der Waals surface area contributed by atoms with Crippen molar-refractivity contribution in [1.29, 1.82) is 0 Å². The van der Waals surface area contributed by atoms with Gasteiger partial charge in [0, 0.05) is 26.5 Å². The van der Waals surface area contributed by atoms with E-state index in [4.69, 9.17) is 0 Å². The van der Waals surface area contributed by atoms with E-state index < -0.39 is 0 Å². The minimum absolute atomic E-state index is 1.14. The van der Waals surface area contributed by atoms with E-state index in [0.29, 0.717) is 0 Å². The van der Waals surface area contributed by atoms with Crippen molar-refractivity contribution in [2.24, 2.45) is 0 Å². The fourth-order valence-corrected chi connectivity index (χ4v) is 7.98. The van der Waals surface area contributed by atoms with Crippen LogP contribution in [0.1, 0.15) is 0 Å². The zero-order chi connectivity index (χ0) is 29.0. The molecule has 1 nitrogen and oxygen atoms in total. The average molecular weight is 578 g/mol. The van der Waals surface area contributed by atoms with E-state index >= 15 is 0 Å². The molecule has 0 radical (unpaired) electrons. The molecule has 0 aliphatic rings. The summed E-state index contributed by atoms with van der Waals surface area (Å²) >= 11 is 1.88. The Kier molecular flexibility index (Phi) is 5.75. The number of fused-ring (bicyclic) bond motifs is 8. The smallest absolute Gasteiger partial charge is 0.0640 e. The van der Waals surface area contributed by atoms with Gasteiger partial charge in [0.05, 0.1) is 16.1 Å². The second-order valence-electron chi connectivity index (χ2n) is 11.3. The van der Waals surface area contributed by atoms with Gasteiger partial charge in [-0.2, -0.15) is 0 Å². The van der Waals surface area contributed by atoms with Crippen molar-refractivity contribution >= 4 is 80.9 Å².